The summed E-state index contributed by atoms with van der Waals surface area (Å²) in [5, 5.41) is 37.8. The summed E-state index contributed by atoms with van der Waals surface area (Å²) in [6.07, 6.45) is 3.11. The molecule has 0 aliphatic heterocycles. The Morgan fingerprint density at radius 2 is 2.00 bits per heavy atom. The second-order valence-electron chi connectivity index (χ2n) is 8.58. The van der Waals surface area contributed by atoms with Gasteiger partial charge in [0.2, 0.25) is 5.95 Å². The highest BCUT2D eigenvalue weighted by Crippen LogP contribution is 2.39. The van der Waals surface area contributed by atoms with Gasteiger partial charge in [-0.15, -0.1) is 0 Å². The van der Waals surface area contributed by atoms with Crippen molar-refractivity contribution in [2.45, 2.75) is 57.8 Å². The molecule has 4 unspecified atom stereocenters. The van der Waals surface area contributed by atoms with Gasteiger partial charge in [0.25, 0.3) is 0 Å². The number of aromatic nitrogens is 3. The number of aryl methyl sites for hydroxylation is 1. The minimum Gasteiger partial charge on any atom is -0.454 e. The van der Waals surface area contributed by atoms with Crippen molar-refractivity contribution in [3.63, 3.8) is 0 Å². The van der Waals surface area contributed by atoms with Crippen molar-refractivity contribution in [2.75, 3.05) is 23.8 Å². The molecule has 4 atom stereocenters. The number of pyridine rings is 1. The van der Waals surface area contributed by atoms with Crippen LogP contribution >= 0.6 is 11.6 Å². The van der Waals surface area contributed by atoms with Gasteiger partial charge in [0.05, 0.1) is 23.9 Å². The predicted molar refractivity (Wildman–Crippen MR) is 127 cm³/mol. The Morgan fingerprint density at radius 1 is 1.18 bits per heavy atom. The van der Waals surface area contributed by atoms with E-state index in [0.717, 1.165) is 30.3 Å². The van der Waals surface area contributed by atoms with E-state index < -0.39 is 24.2 Å². The summed E-state index contributed by atoms with van der Waals surface area (Å²) < 4.78 is 6.00. The third-order valence-corrected chi connectivity index (χ3v) is 6.35. The van der Waals surface area contributed by atoms with E-state index in [0.29, 0.717) is 41.6 Å². The molecule has 4 rings (SSSR count). The van der Waals surface area contributed by atoms with Crippen LogP contribution in [0, 0.1) is 12.8 Å². The van der Waals surface area contributed by atoms with E-state index in [9.17, 15) is 15.3 Å². The molecule has 3 aromatic heterocycles. The quantitative estimate of drug-likeness (QED) is 0.233. The summed E-state index contributed by atoms with van der Waals surface area (Å²) in [5.74, 6) is 0.786. The average Bonchev–Trinajstić information content (AvgIpc) is 3.31. The molecule has 178 valence electrons. The largest absolute Gasteiger partial charge is 0.454 e. The Hall–Kier alpha value is -2.46. The molecule has 0 amide bonds. The zero-order valence-corrected chi connectivity index (χ0v) is 19.5. The normalized spacial score (nSPS) is 22.7. The van der Waals surface area contributed by atoms with E-state index in [1.165, 1.54) is 0 Å². The van der Waals surface area contributed by atoms with E-state index in [4.69, 9.17) is 16.0 Å². The third kappa shape index (κ3) is 5.06. The number of rotatable bonds is 9. The van der Waals surface area contributed by atoms with E-state index in [1.807, 2.05) is 19.1 Å². The molecule has 0 bridgehead atoms. The maximum Gasteiger partial charge on any atom is 0.226 e. The molecular formula is C23H30ClN5O4. The molecule has 3 aromatic rings. The molecule has 0 aromatic carbocycles. The Labute approximate surface area is 197 Å². The number of halogens is 1. The molecule has 33 heavy (non-hydrogen) atoms. The molecule has 5 N–H and O–H groups in total. The Kier molecular flexibility index (Phi) is 7.33. The average molecular weight is 476 g/mol. The monoisotopic (exact) mass is 475 g/mol. The number of aliphatic hydroxyl groups is 3. The van der Waals surface area contributed by atoms with Crippen LogP contribution in [0.2, 0.25) is 5.15 Å². The van der Waals surface area contributed by atoms with Gasteiger partial charge in [0.15, 0.2) is 5.58 Å². The van der Waals surface area contributed by atoms with Gasteiger partial charge in [0, 0.05) is 30.1 Å². The molecule has 0 radical (unpaired) electrons. The standard InChI is InChI=1S/C23H30ClN5O4/c1-3-4-5-6-25-23-28-21(24)18(16-9-13-7-12(2)26-10-17(13)33-16)22(29-23)27-15-8-14(11-30)19(31)20(15)32/h7,9-10,14-15,19-20,30-32H,3-6,8,11H2,1-2H3,(H2,25,27,28,29). The number of anilines is 2. The number of hydrogen-bond donors (Lipinski definition) is 5. The van der Waals surface area contributed by atoms with Gasteiger partial charge in [0.1, 0.15) is 22.8 Å². The summed E-state index contributed by atoms with van der Waals surface area (Å²) in [7, 11) is 0. The number of furan rings is 1. The van der Waals surface area contributed by atoms with Gasteiger partial charge in [-0.2, -0.15) is 4.98 Å². The SMILES string of the molecule is CCCCCNc1nc(Cl)c(-c2cc3cc(C)ncc3o2)c(NC2CC(CO)C(O)C2O)n1. The molecule has 1 fully saturated rings. The number of unbranched alkanes of at least 4 members (excludes halogenated alkanes) is 2. The molecular weight excluding hydrogens is 446 g/mol. The first-order chi connectivity index (χ1) is 15.9. The van der Waals surface area contributed by atoms with Gasteiger partial charge >= 0.3 is 0 Å². The van der Waals surface area contributed by atoms with Crippen LogP contribution in [0.3, 0.4) is 0 Å². The second-order valence-corrected chi connectivity index (χ2v) is 8.94. The first-order valence-electron chi connectivity index (χ1n) is 11.3. The van der Waals surface area contributed by atoms with Gasteiger partial charge in [-0.3, -0.25) is 4.98 Å². The van der Waals surface area contributed by atoms with Gasteiger partial charge < -0.3 is 30.4 Å². The lowest BCUT2D eigenvalue weighted by molar-refractivity contribution is 0.00446. The van der Waals surface area contributed by atoms with Crippen molar-refractivity contribution in [1.29, 1.82) is 0 Å². The zero-order chi connectivity index (χ0) is 23.5. The summed E-state index contributed by atoms with van der Waals surface area (Å²) in [5.41, 5.74) is 1.93. The van der Waals surface area contributed by atoms with E-state index >= 15 is 0 Å². The zero-order valence-electron chi connectivity index (χ0n) is 18.8. The molecule has 9 nitrogen and oxygen atoms in total. The fourth-order valence-corrected chi connectivity index (χ4v) is 4.48. The van der Waals surface area contributed by atoms with Crippen molar-refractivity contribution < 1.29 is 19.7 Å². The van der Waals surface area contributed by atoms with Crippen LogP contribution in [-0.4, -0.2) is 61.7 Å². The summed E-state index contributed by atoms with van der Waals surface area (Å²) in [6.45, 7) is 4.53. The highest BCUT2D eigenvalue weighted by Gasteiger charge is 2.41. The number of aliphatic hydroxyl groups excluding tert-OH is 3. The highest BCUT2D eigenvalue weighted by atomic mass is 35.5. The van der Waals surface area contributed by atoms with E-state index in [-0.39, 0.29) is 11.8 Å². The van der Waals surface area contributed by atoms with Crippen LogP contribution < -0.4 is 10.6 Å². The maximum absolute atomic E-state index is 10.5. The smallest absolute Gasteiger partial charge is 0.226 e. The Bertz CT molecular complexity index is 1110. The number of nitrogens with one attached hydrogen (secondary N) is 2. The van der Waals surface area contributed by atoms with Crippen LogP contribution in [-0.2, 0) is 0 Å². The van der Waals surface area contributed by atoms with Crippen molar-refractivity contribution >= 4 is 34.3 Å². The lowest BCUT2D eigenvalue weighted by Crippen LogP contribution is -2.35. The molecule has 10 heteroatoms. The van der Waals surface area contributed by atoms with Crippen LogP contribution in [0.25, 0.3) is 22.3 Å². The number of hydrogen-bond acceptors (Lipinski definition) is 9. The molecule has 0 saturated heterocycles. The first-order valence-corrected chi connectivity index (χ1v) is 11.7. The predicted octanol–water partition coefficient (Wildman–Crippen LogP) is 3.36. The van der Waals surface area contributed by atoms with Crippen molar-refractivity contribution in [2.24, 2.45) is 5.92 Å². The molecule has 1 aliphatic rings. The first kappa shape index (κ1) is 23.7. The Balaban J connectivity index is 1.71. The van der Waals surface area contributed by atoms with Crippen LogP contribution in [0.5, 0.6) is 0 Å². The molecule has 3 heterocycles. The van der Waals surface area contributed by atoms with E-state index in [2.05, 4.69) is 32.5 Å². The Morgan fingerprint density at radius 3 is 2.73 bits per heavy atom. The van der Waals surface area contributed by atoms with Gasteiger partial charge in [-0.25, -0.2) is 4.98 Å². The minimum atomic E-state index is -1.06. The number of nitrogens with zero attached hydrogens (tertiary/aromatic N) is 3. The number of fused-ring (bicyclic) bond motifs is 1. The van der Waals surface area contributed by atoms with Gasteiger partial charge in [-0.1, -0.05) is 31.4 Å². The fraction of sp³-hybridized carbons (Fsp3) is 0.522. The second kappa shape index (κ2) is 10.2. The summed E-state index contributed by atoms with van der Waals surface area (Å²) in [6, 6.07) is 3.24. The minimum absolute atomic E-state index is 0.195. The lowest BCUT2D eigenvalue weighted by Gasteiger charge is -2.21. The van der Waals surface area contributed by atoms with Crippen LogP contribution in [0.4, 0.5) is 11.8 Å². The lowest BCUT2D eigenvalue weighted by atomic mass is 10.1. The van der Waals surface area contributed by atoms with Crippen molar-refractivity contribution in [3.8, 4) is 11.3 Å². The molecule has 1 saturated carbocycles. The molecule has 0 spiro atoms. The van der Waals surface area contributed by atoms with Crippen LogP contribution in [0.1, 0.15) is 38.3 Å². The summed E-state index contributed by atoms with van der Waals surface area (Å²) >= 11 is 6.62. The fourth-order valence-electron chi connectivity index (χ4n) is 4.21. The topological polar surface area (TPSA) is 137 Å². The van der Waals surface area contributed by atoms with E-state index in [1.54, 1.807) is 6.20 Å². The summed E-state index contributed by atoms with van der Waals surface area (Å²) in [4.78, 5) is 13.3. The van der Waals surface area contributed by atoms with Crippen LogP contribution in [0.15, 0.2) is 22.7 Å². The third-order valence-electron chi connectivity index (χ3n) is 6.07. The molecule has 1 aliphatic carbocycles. The highest BCUT2D eigenvalue weighted by molar-refractivity contribution is 6.32. The van der Waals surface area contributed by atoms with Gasteiger partial charge in [-0.05, 0) is 31.9 Å². The maximum atomic E-state index is 10.5. The van der Waals surface area contributed by atoms with Crippen molar-refractivity contribution in [1.82, 2.24) is 15.0 Å². The van der Waals surface area contributed by atoms with Crippen molar-refractivity contribution in [3.05, 3.63) is 29.2 Å².